The van der Waals surface area contributed by atoms with Gasteiger partial charge >= 0.3 is 0 Å². The van der Waals surface area contributed by atoms with Crippen LogP contribution in [0.5, 0.6) is 0 Å². The number of aryl methyl sites for hydroxylation is 1. The molecule has 0 atom stereocenters. The Labute approximate surface area is 104 Å². The maximum atomic E-state index is 4.39. The van der Waals surface area contributed by atoms with Crippen LogP contribution in [0.15, 0.2) is 12.3 Å². The number of aromatic nitrogens is 1. The SMILES string of the molecule is CNCc1cnc(C)cc1N1CCN(C)CC1. The molecule has 4 heteroatoms. The van der Waals surface area contributed by atoms with Gasteiger partial charge in [0.2, 0.25) is 0 Å². The molecule has 2 heterocycles. The molecule has 2 rings (SSSR count). The molecule has 1 aromatic heterocycles. The highest BCUT2D eigenvalue weighted by Gasteiger charge is 2.17. The van der Waals surface area contributed by atoms with Gasteiger partial charge in [0.05, 0.1) is 0 Å². The molecule has 1 aliphatic rings. The van der Waals surface area contributed by atoms with E-state index in [1.807, 2.05) is 13.2 Å². The first kappa shape index (κ1) is 12.3. The number of hydrogen-bond donors (Lipinski definition) is 1. The smallest absolute Gasteiger partial charge is 0.0446 e. The average Bonchev–Trinajstić information content (AvgIpc) is 2.33. The van der Waals surface area contributed by atoms with Gasteiger partial charge in [0.1, 0.15) is 0 Å². The zero-order chi connectivity index (χ0) is 12.3. The minimum absolute atomic E-state index is 0.884. The van der Waals surface area contributed by atoms with Crippen LogP contribution >= 0.6 is 0 Å². The maximum Gasteiger partial charge on any atom is 0.0446 e. The van der Waals surface area contributed by atoms with Gasteiger partial charge in [0.25, 0.3) is 0 Å². The van der Waals surface area contributed by atoms with Crippen LogP contribution in [-0.4, -0.2) is 50.2 Å². The van der Waals surface area contributed by atoms with E-state index >= 15 is 0 Å². The van der Waals surface area contributed by atoms with E-state index in [4.69, 9.17) is 0 Å². The lowest BCUT2D eigenvalue weighted by molar-refractivity contribution is 0.312. The summed E-state index contributed by atoms with van der Waals surface area (Å²) in [4.78, 5) is 9.24. The third-order valence-corrected chi connectivity index (χ3v) is 3.31. The van der Waals surface area contributed by atoms with Crippen molar-refractivity contribution in [2.45, 2.75) is 13.5 Å². The van der Waals surface area contributed by atoms with Crippen molar-refractivity contribution in [2.75, 3.05) is 45.2 Å². The van der Waals surface area contributed by atoms with Gasteiger partial charge in [-0.1, -0.05) is 0 Å². The predicted molar refractivity (Wildman–Crippen MR) is 71.4 cm³/mol. The summed E-state index contributed by atoms with van der Waals surface area (Å²) in [5, 5.41) is 3.21. The lowest BCUT2D eigenvalue weighted by Crippen LogP contribution is -2.45. The number of nitrogens with zero attached hydrogens (tertiary/aromatic N) is 3. The Balaban J connectivity index is 2.20. The quantitative estimate of drug-likeness (QED) is 0.840. The lowest BCUT2D eigenvalue weighted by atomic mass is 10.1. The predicted octanol–water partition coefficient (Wildman–Crippen LogP) is 0.861. The summed E-state index contributed by atoms with van der Waals surface area (Å²) in [7, 11) is 4.16. The highest BCUT2D eigenvalue weighted by atomic mass is 15.2. The van der Waals surface area contributed by atoms with Crippen molar-refractivity contribution in [3.63, 3.8) is 0 Å². The average molecular weight is 234 g/mol. The van der Waals surface area contributed by atoms with Gasteiger partial charge in [-0.15, -0.1) is 0 Å². The number of nitrogens with one attached hydrogen (secondary N) is 1. The van der Waals surface area contributed by atoms with Crippen LogP contribution in [0, 0.1) is 6.92 Å². The molecule has 0 aromatic carbocycles. The van der Waals surface area contributed by atoms with E-state index < -0.39 is 0 Å². The van der Waals surface area contributed by atoms with Gasteiger partial charge in [-0.3, -0.25) is 4.98 Å². The number of likely N-dealkylation sites (N-methyl/N-ethyl adjacent to an activating group) is 1. The third kappa shape index (κ3) is 2.96. The van der Waals surface area contributed by atoms with Crippen molar-refractivity contribution in [1.82, 2.24) is 15.2 Å². The third-order valence-electron chi connectivity index (χ3n) is 3.31. The van der Waals surface area contributed by atoms with Gasteiger partial charge < -0.3 is 15.1 Å². The fraction of sp³-hybridized carbons (Fsp3) is 0.615. The summed E-state index contributed by atoms with van der Waals surface area (Å²) >= 11 is 0. The minimum atomic E-state index is 0.884. The topological polar surface area (TPSA) is 31.4 Å². The van der Waals surface area contributed by atoms with Crippen LogP contribution in [0.2, 0.25) is 0 Å². The fourth-order valence-electron chi connectivity index (χ4n) is 2.24. The molecule has 1 N–H and O–H groups in total. The molecule has 1 aromatic rings. The van der Waals surface area contributed by atoms with Gasteiger partial charge in [0.15, 0.2) is 0 Å². The second kappa shape index (κ2) is 5.47. The molecule has 4 nitrogen and oxygen atoms in total. The van der Waals surface area contributed by atoms with E-state index in [0.29, 0.717) is 0 Å². The first-order chi connectivity index (χ1) is 8.20. The zero-order valence-corrected chi connectivity index (χ0v) is 11.0. The Kier molecular flexibility index (Phi) is 3.97. The van der Waals surface area contributed by atoms with E-state index in [1.165, 1.54) is 11.3 Å². The van der Waals surface area contributed by atoms with E-state index in [9.17, 15) is 0 Å². The second-order valence-corrected chi connectivity index (χ2v) is 4.78. The van der Waals surface area contributed by atoms with Crippen molar-refractivity contribution in [3.05, 3.63) is 23.5 Å². The number of anilines is 1. The van der Waals surface area contributed by atoms with Crippen LogP contribution in [0.3, 0.4) is 0 Å². The molecule has 0 bridgehead atoms. The first-order valence-electron chi connectivity index (χ1n) is 6.24. The van der Waals surface area contributed by atoms with Gasteiger partial charge in [-0.25, -0.2) is 0 Å². The summed E-state index contributed by atoms with van der Waals surface area (Å²) in [5.74, 6) is 0. The van der Waals surface area contributed by atoms with E-state index in [0.717, 1.165) is 38.4 Å². The molecule has 0 spiro atoms. The summed E-state index contributed by atoms with van der Waals surface area (Å²) in [6.45, 7) is 7.44. The van der Waals surface area contributed by atoms with Crippen LogP contribution in [0.4, 0.5) is 5.69 Å². The van der Waals surface area contributed by atoms with Crippen molar-refractivity contribution in [1.29, 1.82) is 0 Å². The van der Waals surface area contributed by atoms with Crippen molar-refractivity contribution < 1.29 is 0 Å². The molecule has 1 fully saturated rings. The second-order valence-electron chi connectivity index (χ2n) is 4.78. The minimum Gasteiger partial charge on any atom is -0.369 e. The fourth-order valence-corrected chi connectivity index (χ4v) is 2.24. The van der Waals surface area contributed by atoms with Crippen molar-refractivity contribution >= 4 is 5.69 Å². The summed E-state index contributed by atoms with van der Waals surface area (Å²) in [5.41, 5.74) is 3.74. The number of rotatable bonds is 3. The van der Waals surface area contributed by atoms with E-state index in [1.54, 1.807) is 0 Å². The Morgan fingerprint density at radius 1 is 1.29 bits per heavy atom. The lowest BCUT2D eigenvalue weighted by Gasteiger charge is -2.35. The molecule has 0 radical (unpaired) electrons. The van der Waals surface area contributed by atoms with Crippen LogP contribution in [-0.2, 0) is 6.54 Å². The molecular formula is C13H22N4. The summed E-state index contributed by atoms with van der Waals surface area (Å²) in [6.07, 6.45) is 2.00. The highest BCUT2D eigenvalue weighted by molar-refractivity contribution is 5.54. The molecule has 17 heavy (non-hydrogen) atoms. The van der Waals surface area contributed by atoms with Crippen LogP contribution < -0.4 is 10.2 Å². The first-order valence-corrected chi connectivity index (χ1v) is 6.24. The normalized spacial score (nSPS) is 17.5. The molecule has 94 valence electrons. The largest absolute Gasteiger partial charge is 0.369 e. The van der Waals surface area contributed by atoms with Crippen molar-refractivity contribution in [2.24, 2.45) is 0 Å². The van der Waals surface area contributed by atoms with Gasteiger partial charge in [-0.2, -0.15) is 0 Å². The molecule has 0 saturated carbocycles. The standard InChI is InChI=1S/C13H22N4/c1-11-8-13(12(9-14-2)10-15-11)17-6-4-16(3)5-7-17/h8,10,14H,4-7,9H2,1-3H3. The molecule has 0 amide bonds. The van der Waals surface area contributed by atoms with E-state index in [2.05, 4.69) is 40.1 Å². The Morgan fingerprint density at radius 2 is 2.00 bits per heavy atom. The number of hydrogen-bond acceptors (Lipinski definition) is 4. The van der Waals surface area contributed by atoms with Gasteiger partial charge in [0, 0.05) is 55.9 Å². The van der Waals surface area contributed by atoms with Crippen molar-refractivity contribution in [3.8, 4) is 0 Å². The van der Waals surface area contributed by atoms with Crippen LogP contribution in [0.1, 0.15) is 11.3 Å². The monoisotopic (exact) mass is 234 g/mol. The molecule has 1 aliphatic heterocycles. The molecule has 0 unspecified atom stereocenters. The van der Waals surface area contributed by atoms with E-state index in [-0.39, 0.29) is 0 Å². The maximum absolute atomic E-state index is 4.39. The Hall–Kier alpha value is -1.13. The van der Waals surface area contributed by atoms with Crippen LogP contribution in [0.25, 0.3) is 0 Å². The summed E-state index contributed by atoms with van der Waals surface area (Å²) < 4.78 is 0. The Morgan fingerprint density at radius 3 is 2.65 bits per heavy atom. The summed E-state index contributed by atoms with van der Waals surface area (Å²) in [6, 6.07) is 2.21. The molecule has 1 saturated heterocycles. The highest BCUT2D eigenvalue weighted by Crippen LogP contribution is 2.22. The number of piperazine rings is 1. The molecular weight excluding hydrogens is 212 g/mol. The Bertz CT molecular complexity index is 370. The number of pyridine rings is 1. The molecule has 0 aliphatic carbocycles. The zero-order valence-electron chi connectivity index (χ0n) is 11.0. The van der Waals surface area contributed by atoms with Gasteiger partial charge in [-0.05, 0) is 27.1 Å².